The maximum Gasteiger partial charge on any atom is 0.138 e. The van der Waals surface area contributed by atoms with Crippen molar-refractivity contribution in [3.63, 3.8) is 0 Å². The molecule has 1 saturated carbocycles. The molecule has 0 amide bonds. The predicted octanol–water partition coefficient (Wildman–Crippen LogP) is 4.07. The lowest BCUT2D eigenvalue weighted by atomic mass is 10.1. The molecule has 2 rings (SSSR count). The van der Waals surface area contributed by atoms with Gasteiger partial charge in [-0.3, -0.25) is 0 Å². The van der Waals surface area contributed by atoms with E-state index in [0.717, 1.165) is 10.8 Å². The van der Waals surface area contributed by atoms with Crippen LogP contribution in [-0.4, -0.2) is 22.7 Å². The standard InChI is InChI=1S/C13H17Cl2NOS/c1-18-11-3-2-10(6-11)16-7-8-4-9(14)5-12(15)13(8)17/h4-5,10-11,16-17H,2-3,6-7H2,1H3. The van der Waals surface area contributed by atoms with Crippen molar-refractivity contribution >= 4 is 35.0 Å². The van der Waals surface area contributed by atoms with Crippen molar-refractivity contribution in [1.82, 2.24) is 5.32 Å². The van der Waals surface area contributed by atoms with E-state index < -0.39 is 0 Å². The van der Waals surface area contributed by atoms with Crippen LogP contribution in [0.2, 0.25) is 10.0 Å². The van der Waals surface area contributed by atoms with E-state index in [1.807, 2.05) is 11.8 Å². The molecule has 1 fully saturated rings. The molecule has 1 aliphatic rings. The third-order valence-corrected chi connectivity index (χ3v) is 5.01. The summed E-state index contributed by atoms with van der Waals surface area (Å²) in [6.45, 7) is 0.609. The normalized spacial score (nSPS) is 23.5. The molecule has 0 radical (unpaired) electrons. The van der Waals surface area contributed by atoms with Crippen LogP contribution in [-0.2, 0) is 6.54 Å². The minimum atomic E-state index is 0.132. The van der Waals surface area contributed by atoms with Crippen molar-refractivity contribution < 1.29 is 5.11 Å². The van der Waals surface area contributed by atoms with Crippen molar-refractivity contribution in [2.75, 3.05) is 6.26 Å². The number of thioether (sulfide) groups is 1. The van der Waals surface area contributed by atoms with Crippen molar-refractivity contribution in [1.29, 1.82) is 0 Å². The van der Waals surface area contributed by atoms with Crippen LogP contribution in [0.4, 0.5) is 0 Å². The Kier molecular flexibility index (Phi) is 5.07. The Morgan fingerprint density at radius 1 is 1.39 bits per heavy atom. The maximum absolute atomic E-state index is 9.86. The van der Waals surface area contributed by atoms with Gasteiger partial charge in [-0.25, -0.2) is 0 Å². The number of hydrogen-bond donors (Lipinski definition) is 2. The van der Waals surface area contributed by atoms with Crippen LogP contribution in [0.5, 0.6) is 5.75 Å². The van der Waals surface area contributed by atoms with Crippen LogP contribution in [0.15, 0.2) is 12.1 Å². The smallest absolute Gasteiger partial charge is 0.138 e. The van der Waals surface area contributed by atoms with Gasteiger partial charge in [0.2, 0.25) is 0 Å². The quantitative estimate of drug-likeness (QED) is 0.879. The number of phenolic OH excluding ortho intramolecular Hbond substituents is 1. The number of halogens is 2. The Bertz CT molecular complexity index is 428. The Morgan fingerprint density at radius 3 is 2.83 bits per heavy atom. The van der Waals surface area contributed by atoms with E-state index in [2.05, 4.69) is 11.6 Å². The van der Waals surface area contributed by atoms with E-state index in [-0.39, 0.29) is 5.75 Å². The summed E-state index contributed by atoms with van der Waals surface area (Å²) < 4.78 is 0. The molecule has 100 valence electrons. The molecular formula is C13H17Cl2NOS. The predicted molar refractivity (Wildman–Crippen MR) is 79.9 cm³/mol. The zero-order chi connectivity index (χ0) is 13.1. The second kappa shape index (κ2) is 6.38. The summed E-state index contributed by atoms with van der Waals surface area (Å²) >= 11 is 13.8. The minimum absolute atomic E-state index is 0.132. The zero-order valence-corrected chi connectivity index (χ0v) is 12.6. The number of nitrogens with one attached hydrogen (secondary N) is 1. The van der Waals surface area contributed by atoms with Crippen molar-refractivity contribution in [2.24, 2.45) is 0 Å². The molecular weight excluding hydrogens is 289 g/mol. The van der Waals surface area contributed by atoms with Crippen molar-refractivity contribution in [3.05, 3.63) is 27.7 Å². The maximum atomic E-state index is 9.86. The lowest BCUT2D eigenvalue weighted by Gasteiger charge is -2.14. The minimum Gasteiger partial charge on any atom is -0.506 e. The highest BCUT2D eigenvalue weighted by Gasteiger charge is 2.23. The summed E-state index contributed by atoms with van der Waals surface area (Å²) in [5.74, 6) is 0.132. The Labute approximate surface area is 122 Å². The highest BCUT2D eigenvalue weighted by molar-refractivity contribution is 7.99. The molecule has 0 bridgehead atoms. The van der Waals surface area contributed by atoms with E-state index in [1.165, 1.54) is 19.3 Å². The lowest BCUT2D eigenvalue weighted by molar-refractivity contribution is 0.456. The fourth-order valence-corrected chi connectivity index (χ4v) is 3.68. The van der Waals surface area contributed by atoms with Crippen LogP contribution < -0.4 is 5.32 Å². The number of rotatable bonds is 4. The van der Waals surface area contributed by atoms with Gasteiger partial charge < -0.3 is 10.4 Å². The van der Waals surface area contributed by atoms with Crippen LogP contribution in [0.25, 0.3) is 0 Å². The van der Waals surface area contributed by atoms with E-state index in [4.69, 9.17) is 23.2 Å². The summed E-state index contributed by atoms with van der Waals surface area (Å²) in [7, 11) is 0. The summed E-state index contributed by atoms with van der Waals surface area (Å²) in [6, 6.07) is 3.84. The molecule has 0 heterocycles. The molecule has 2 N–H and O–H groups in total. The van der Waals surface area contributed by atoms with Crippen molar-refractivity contribution in [2.45, 2.75) is 37.1 Å². The molecule has 1 aliphatic carbocycles. The zero-order valence-electron chi connectivity index (χ0n) is 10.2. The Hall–Kier alpha value is -0.0900. The molecule has 2 atom stereocenters. The third-order valence-electron chi connectivity index (χ3n) is 3.41. The first-order valence-electron chi connectivity index (χ1n) is 6.03. The molecule has 0 aromatic heterocycles. The van der Waals surface area contributed by atoms with Gasteiger partial charge in [0, 0.05) is 28.4 Å². The molecule has 0 saturated heterocycles. The second-order valence-corrected chi connectivity index (χ2v) is 6.63. The molecule has 2 unspecified atom stereocenters. The molecule has 1 aromatic carbocycles. The average molecular weight is 306 g/mol. The van der Waals surface area contributed by atoms with Gasteiger partial charge in [-0.05, 0) is 37.7 Å². The van der Waals surface area contributed by atoms with Gasteiger partial charge in [0.25, 0.3) is 0 Å². The number of benzene rings is 1. The van der Waals surface area contributed by atoms with E-state index in [1.54, 1.807) is 12.1 Å². The van der Waals surface area contributed by atoms with Gasteiger partial charge in [0.15, 0.2) is 0 Å². The van der Waals surface area contributed by atoms with Gasteiger partial charge >= 0.3 is 0 Å². The van der Waals surface area contributed by atoms with E-state index in [9.17, 15) is 5.11 Å². The van der Waals surface area contributed by atoms with E-state index in [0.29, 0.717) is 22.6 Å². The molecule has 5 heteroatoms. The van der Waals surface area contributed by atoms with E-state index >= 15 is 0 Å². The largest absolute Gasteiger partial charge is 0.506 e. The fraction of sp³-hybridized carbons (Fsp3) is 0.538. The number of phenols is 1. The average Bonchev–Trinajstić information content (AvgIpc) is 2.80. The molecule has 18 heavy (non-hydrogen) atoms. The first-order chi connectivity index (χ1) is 8.60. The first kappa shape index (κ1) is 14.3. The first-order valence-corrected chi connectivity index (χ1v) is 8.07. The number of hydrogen-bond acceptors (Lipinski definition) is 3. The summed E-state index contributed by atoms with van der Waals surface area (Å²) in [6.07, 6.45) is 5.81. The SMILES string of the molecule is CSC1CCC(NCc2cc(Cl)cc(Cl)c2O)C1. The molecule has 1 aromatic rings. The van der Waals surface area contributed by atoms with Gasteiger partial charge in [0.05, 0.1) is 5.02 Å². The van der Waals surface area contributed by atoms with Crippen LogP contribution >= 0.6 is 35.0 Å². The van der Waals surface area contributed by atoms with Gasteiger partial charge in [0.1, 0.15) is 5.75 Å². The lowest BCUT2D eigenvalue weighted by Crippen LogP contribution is -2.26. The van der Waals surface area contributed by atoms with Crippen LogP contribution in [0.1, 0.15) is 24.8 Å². The third kappa shape index (κ3) is 3.47. The van der Waals surface area contributed by atoms with Gasteiger partial charge in [-0.2, -0.15) is 11.8 Å². The van der Waals surface area contributed by atoms with Crippen molar-refractivity contribution in [3.8, 4) is 5.75 Å². The topological polar surface area (TPSA) is 32.3 Å². The van der Waals surface area contributed by atoms with Crippen LogP contribution in [0.3, 0.4) is 0 Å². The van der Waals surface area contributed by atoms with Crippen LogP contribution in [0, 0.1) is 0 Å². The summed E-state index contributed by atoms with van der Waals surface area (Å²) in [5, 5.41) is 15.0. The molecule has 2 nitrogen and oxygen atoms in total. The Morgan fingerprint density at radius 2 is 2.17 bits per heavy atom. The fourth-order valence-electron chi connectivity index (χ4n) is 2.35. The molecule has 0 aliphatic heterocycles. The highest BCUT2D eigenvalue weighted by atomic mass is 35.5. The molecule has 0 spiro atoms. The summed E-state index contributed by atoms with van der Waals surface area (Å²) in [4.78, 5) is 0. The Balaban J connectivity index is 1.94. The summed E-state index contributed by atoms with van der Waals surface area (Å²) in [5.41, 5.74) is 0.764. The van der Waals surface area contributed by atoms with Gasteiger partial charge in [-0.1, -0.05) is 23.2 Å². The highest BCUT2D eigenvalue weighted by Crippen LogP contribution is 2.32. The van der Waals surface area contributed by atoms with Gasteiger partial charge in [-0.15, -0.1) is 0 Å². The monoisotopic (exact) mass is 305 g/mol. The number of aromatic hydroxyl groups is 1. The second-order valence-electron chi connectivity index (χ2n) is 4.64.